The minimum Gasteiger partial charge on any atom is -0.497 e. The largest absolute Gasteiger partial charge is 0.497 e. The number of anilines is 1. The quantitative estimate of drug-likeness (QED) is 0.0975. The molecule has 2 aromatic heterocycles. The van der Waals surface area contributed by atoms with Crippen molar-refractivity contribution in [3.05, 3.63) is 150 Å². The van der Waals surface area contributed by atoms with Gasteiger partial charge in [0.15, 0.2) is 17.0 Å². The highest BCUT2D eigenvalue weighted by molar-refractivity contribution is 6.06. The summed E-state index contributed by atoms with van der Waals surface area (Å²) in [7, 11) is 3.25. The first-order chi connectivity index (χ1) is 25.9. The number of fused-ring (bicyclic) bond motifs is 1. The Morgan fingerprint density at radius 3 is 2.11 bits per heavy atom. The first-order valence-electron chi connectivity index (χ1n) is 17.1. The molecule has 53 heavy (non-hydrogen) atoms. The zero-order valence-corrected chi connectivity index (χ0v) is 29.3. The molecule has 3 heterocycles. The van der Waals surface area contributed by atoms with Gasteiger partial charge in [-0.05, 0) is 53.1 Å². The molecule has 2 N–H and O–H groups in total. The van der Waals surface area contributed by atoms with Crippen LogP contribution in [0.3, 0.4) is 0 Å². The molecule has 0 aliphatic carbocycles. The van der Waals surface area contributed by atoms with Gasteiger partial charge in [-0.15, -0.1) is 0 Å². The lowest BCUT2D eigenvalue weighted by atomic mass is 9.80. The van der Waals surface area contributed by atoms with E-state index < -0.39 is 24.0 Å². The lowest BCUT2D eigenvalue weighted by Crippen LogP contribution is -2.38. The number of benzene rings is 4. The Morgan fingerprint density at radius 2 is 1.51 bits per heavy atom. The molecule has 0 spiro atoms. The lowest BCUT2D eigenvalue weighted by molar-refractivity contribution is -0.0931. The van der Waals surface area contributed by atoms with Gasteiger partial charge in [-0.3, -0.25) is 9.36 Å². The maximum Gasteiger partial charge on any atom is 0.320 e. The Morgan fingerprint density at radius 1 is 0.906 bits per heavy atom. The van der Waals surface area contributed by atoms with E-state index in [-0.39, 0.29) is 37.4 Å². The summed E-state index contributed by atoms with van der Waals surface area (Å²) in [6.07, 6.45) is 1.05. The van der Waals surface area contributed by atoms with E-state index in [0.717, 1.165) is 16.7 Å². The highest BCUT2D eigenvalue weighted by atomic mass is 16.6. The summed E-state index contributed by atoms with van der Waals surface area (Å²) in [6, 6.07) is 34.2. The maximum absolute atomic E-state index is 13.1. The molecule has 12 heteroatoms. The van der Waals surface area contributed by atoms with Crippen LogP contribution in [-0.4, -0.2) is 70.2 Å². The lowest BCUT2D eigenvalue weighted by Gasteiger charge is -2.37. The summed E-state index contributed by atoms with van der Waals surface area (Å²) >= 11 is 0. The zero-order valence-electron chi connectivity index (χ0n) is 29.3. The number of hydrogen-bond acceptors (Lipinski definition) is 10. The molecular formula is C41H39N5O7. The number of imidazole rings is 1. The van der Waals surface area contributed by atoms with Crippen molar-refractivity contribution in [1.82, 2.24) is 19.5 Å². The van der Waals surface area contributed by atoms with Crippen molar-refractivity contribution in [3.63, 3.8) is 0 Å². The summed E-state index contributed by atoms with van der Waals surface area (Å²) in [6.45, 7) is 3.88. The van der Waals surface area contributed by atoms with E-state index in [9.17, 15) is 9.90 Å². The molecule has 3 atom stereocenters. The number of carbonyl (C=O) groups excluding carboxylic acids is 1. The molecule has 1 aliphatic rings. The molecular weight excluding hydrogens is 674 g/mol. The monoisotopic (exact) mass is 713 g/mol. The molecule has 270 valence electrons. The normalized spacial score (nSPS) is 17.0. The minimum absolute atomic E-state index is 0.0209. The van der Waals surface area contributed by atoms with Crippen LogP contribution in [0.5, 0.6) is 17.5 Å². The van der Waals surface area contributed by atoms with Gasteiger partial charge in [-0.1, -0.05) is 85.5 Å². The summed E-state index contributed by atoms with van der Waals surface area (Å²) in [5, 5.41) is 14.3. The van der Waals surface area contributed by atoms with Gasteiger partial charge >= 0.3 is 6.01 Å². The Bertz CT molecular complexity index is 2110. The van der Waals surface area contributed by atoms with Crippen molar-refractivity contribution < 1.29 is 33.6 Å². The topological polar surface area (TPSA) is 139 Å². The predicted octanol–water partition coefficient (Wildman–Crippen LogP) is 6.32. The van der Waals surface area contributed by atoms with E-state index in [1.807, 2.05) is 84.9 Å². The number of rotatable bonds is 14. The number of ether oxygens (including phenoxy) is 5. The standard InChI is InChI=1S/C41H39N5O7/c1-4-23-51-40-44-37(43-39(48)27-11-7-5-8-12-27)36-38(45-40)46(26-42-36)35-24-33(47)34(53-35)25-52-41(28-13-9-6-10-14-28,29-15-19-31(49-2)20-16-29)30-17-21-32(50-3)22-18-30/h4-22,26,33-35,47H,1,23-25H2,2-3H3,(H,43,44,45,48)/t33-,34+,35+/m0/s1. The predicted molar refractivity (Wildman–Crippen MR) is 198 cm³/mol. The first kappa shape index (κ1) is 35.3. The summed E-state index contributed by atoms with van der Waals surface area (Å²) in [5.41, 5.74) is 2.64. The second-order valence-corrected chi connectivity index (χ2v) is 12.3. The van der Waals surface area contributed by atoms with Gasteiger partial charge in [0.1, 0.15) is 36.0 Å². The highest BCUT2D eigenvalue weighted by Crippen LogP contribution is 2.43. The van der Waals surface area contributed by atoms with Gasteiger partial charge in [0.05, 0.1) is 33.3 Å². The summed E-state index contributed by atoms with van der Waals surface area (Å²) in [4.78, 5) is 26.7. The van der Waals surface area contributed by atoms with Gasteiger partial charge in [0.25, 0.3) is 5.91 Å². The minimum atomic E-state index is -1.10. The number of nitrogens with one attached hydrogen (secondary N) is 1. The van der Waals surface area contributed by atoms with Crippen LogP contribution in [0.2, 0.25) is 0 Å². The Balaban J connectivity index is 1.21. The van der Waals surface area contributed by atoms with E-state index in [1.165, 1.54) is 0 Å². The number of nitrogens with zero attached hydrogens (tertiary/aromatic N) is 4. The molecule has 7 rings (SSSR count). The Labute approximate surface area is 306 Å². The number of methoxy groups -OCH3 is 2. The van der Waals surface area contributed by atoms with Gasteiger partial charge in [-0.25, -0.2) is 4.98 Å². The maximum atomic E-state index is 13.1. The van der Waals surface area contributed by atoms with Crippen LogP contribution in [0.1, 0.15) is 39.7 Å². The average Bonchev–Trinajstić information content (AvgIpc) is 3.81. The number of amides is 1. The van der Waals surface area contributed by atoms with Crippen molar-refractivity contribution >= 4 is 22.9 Å². The number of hydrogen-bond donors (Lipinski definition) is 2. The molecule has 1 amide bonds. The molecule has 1 aliphatic heterocycles. The molecule has 4 aromatic carbocycles. The molecule has 0 saturated carbocycles. The fraction of sp³-hybridized carbons (Fsp3) is 0.220. The Kier molecular flexibility index (Phi) is 10.4. The molecule has 0 bridgehead atoms. The molecule has 0 unspecified atom stereocenters. The summed E-state index contributed by atoms with van der Waals surface area (Å²) < 4.78 is 31.9. The fourth-order valence-electron chi connectivity index (χ4n) is 6.48. The highest BCUT2D eigenvalue weighted by Gasteiger charge is 2.42. The second-order valence-electron chi connectivity index (χ2n) is 12.3. The van der Waals surface area contributed by atoms with E-state index in [2.05, 4.69) is 26.8 Å². The third kappa shape index (κ3) is 7.20. The van der Waals surface area contributed by atoms with Crippen LogP contribution in [-0.2, 0) is 15.1 Å². The average molecular weight is 714 g/mol. The number of carbonyl (C=O) groups is 1. The number of aliphatic hydroxyl groups excluding tert-OH is 1. The van der Waals surface area contributed by atoms with E-state index in [1.54, 1.807) is 55.5 Å². The first-order valence-corrected chi connectivity index (χ1v) is 17.1. The zero-order chi connectivity index (χ0) is 36.8. The molecule has 1 fully saturated rings. The molecule has 12 nitrogen and oxygen atoms in total. The van der Waals surface area contributed by atoms with Crippen LogP contribution in [0.25, 0.3) is 11.2 Å². The molecule has 0 radical (unpaired) electrons. The van der Waals surface area contributed by atoms with Crippen molar-refractivity contribution in [2.45, 2.75) is 30.5 Å². The van der Waals surface area contributed by atoms with E-state index in [4.69, 9.17) is 23.7 Å². The van der Waals surface area contributed by atoms with E-state index in [0.29, 0.717) is 28.2 Å². The summed E-state index contributed by atoms with van der Waals surface area (Å²) in [5.74, 6) is 1.22. The molecule has 6 aromatic rings. The van der Waals surface area contributed by atoms with Gasteiger partial charge in [0, 0.05) is 12.0 Å². The smallest absolute Gasteiger partial charge is 0.320 e. The molecule has 1 saturated heterocycles. The van der Waals surface area contributed by atoms with Crippen LogP contribution in [0, 0.1) is 0 Å². The van der Waals surface area contributed by atoms with Crippen molar-refractivity contribution in [3.8, 4) is 17.5 Å². The van der Waals surface area contributed by atoms with Crippen molar-refractivity contribution in [2.75, 3.05) is 32.8 Å². The van der Waals surface area contributed by atoms with Crippen LogP contribution >= 0.6 is 0 Å². The van der Waals surface area contributed by atoms with Crippen molar-refractivity contribution in [1.29, 1.82) is 0 Å². The third-order valence-electron chi connectivity index (χ3n) is 9.15. The second kappa shape index (κ2) is 15.7. The van der Waals surface area contributed by atoms with Crippen LogP contribution in [0.4, 0.5) is 5.82 Å². The number of aliphatic hydroxyl groups is 1. The number of aromatic nitrogens is 4. The fourth-order valence-corrected chi connectivity index (χ4v) is 6.48. The van der Waals surface area contributed by atoms with Gasteiger partial charge in [0.2, 0.25) is 0 Å². The van der Waals surface area contributed by atoms with Crippen LogP contribution < -0.4 is 19.5 Å². The van der Waals surface area contributed by atoms with Crippen molar-refractivity contribution in [2.24, 2.45) is 0 Å². The SMILES string of the molecule is C=CCOc1nc(NC(=O)c2ccccc2)c2ncn([C@H]3C[C@H](O)[C@@H](COC(c4ccccc4)(c4ccc(OC)cc4)c4ccc(OC)cc4)O3)c2n1. The van der Waals surface area contributed by atoms with Crippen LogP contribution in [0.15, 0.2) is 128 Å². The Hall–Kier alpha value is -6.08. The van der Waals surface area contributed by atoms with Gasteiger partial charge in [-0.2, -0.15) is 9.97 Å². The third-order valence-corrected chi connectivity index (χ3v) is 9.15. The van der Waals surface area contributed by atoms with Gasteiger partial charge < -0.3 is 34.1 Å². The van der Waals surface area contributed by atoms with E-state index >= 15 is 0 Å².